The summed E-state index contributed by atoms with van der Waals surface area (Å²) in [6.45, 7) is 4.48. The van der Waals surface area contributed by atoms with Crippen LogP contribution in [0.2, 0.25) is 0 Å². The van der Waals surface area contributed by atoms with Crippen LogP contribution in [0.25, 0.3) is 11.3 Å². The zero-order chi connectivity index (χ0) is 13.7. The molecular formula is C15H18N2OS. The van der Waals surface area contributed by atoms with Crippen LogP contribution < -0.4 is 5.32 Å². The number of hydrogen-bond donors (Lipinski definition) is 1. The highest BCUT2D eigenvalue weighted by molar-refractivity contribution is 7.10. The Kier molecular flexibility index (Phi) is 4.82. The van der Waals surface area contributed by atoms with Crippen molar-refractivity contribution in [1.29, 1.82) is 0 Å². The van der Waals surface area contributed by atoms with Crippen molar-refractivity contribution < 1.29 is 4.79 Å². The molecule has 3 nitrogen and oxygen atoms in total. The molecule has 0 aliphatic carbocycles. The lowest BCUT2D eigenvalue weighted by molar-refractivity contribution is -0.117. The van der Waals surface area contributed by atoms with Crippen LogP contribution in [-0.4, -0.2) is 23.4 Å². The third-order valence-corrected chi connectivity index (χ3v) is 3.53. The van der Waals surface area contributed by atoms with Crippen molar-refractivity contribution in [3.8, 4) is 11.3 Å². The fraction of sp³-hybridized carbons (Fsp3) is 0.333. The number of thiazole rings is 1. The number of Topliss-reactive ketones (excluding diaryl/α,β-unsaturated/α-hetero) is 1. The molecule has 0 aliphatic rings. The lowest BCUT2D eigenvalue weighted by Gasteiger charge is -2.05. The number of benzene rings is 1. The van der Waals surface area contributed by atoms with Crippen LogP contribution in [0.4, 0.5) is 0 Å². The maximum Gasteiger partial charge on any atom is 0.153 e. The molecule has 0 saturated heterocycles. The molecule has 0 saturated carbocycles. The largest absolute Gasteiger partial charge is 0.308 e. The molecule has 4 heteroatoms. The van der Waals surface area contributed by atoms with E-state index in [9.17, 15) is 4.79 Å². The number of rotatable bonds is 6. The normalized spacial score (nSPS) is 10.9. The van der Waals surface area contributed by atoms with Gasteiger partial charge >= 0.3 is 0 Å². The van der Waals surface area contributed by atoms with Crippen LogP contribution in [0.1, 0.15) is 18.9 Å². The molecule has 0 unspecified atom stereocenters. The molecule has 100 valence electrons. The molecule has 1 heterocycles. The van der Waals surface area contributed by atoms with Gasteiger partial charge in [0.15, 0.2) is 5.78 Å². The minimum atomic E-state index is 0.183. The lowest BCUT2D eigenvalue weighted by Crippen LogP contribution is -2.29. The molecule has 2 aromatic rings. The average molecular weight is 274 g/mol. The Morgan fingerprint density at radius 3 is 2.74 bits per heavy atom. The lowest BCUT2D eigenvalue weighted by atomic mass is 10.2. The van der Waals surface area contributed by atoms with Crippen LogP contribution in [0.5, 0.6) is 0 Å². The molecule has 0 bridgehead atoms. The van der Waals surface area contributed by atoms with E-state index < -0.39 is 0 Å². The number of aromatic nitrogens is 1. The van der Waals surface area contributed by atoms with Crippen molar-refractivity contribution in [2.45, 2.75) is 26.3 Å². The van der Waals surface area contributed by atoms with Gasteiger partial charge in [0.05, 0.1) is 18.7 Å². The van der Waals surface area contributed by atoms with E-state index in [1.54, 1.807) is 11.3 Å². The fourth-order valence-electron chi connectivity index (χ4n) is 1.68. The summed E-state index contributed by atoms with van der Waals surface area (Å²) in [6.07, 6.45) is 0.414. The van der Waals surface area contributed by atoms with Gasteiger partial charge in [-0.2, -0.15) is 0 Å². The monoisotopic (exact) mass is 274 g/mol. The summed E-state index contributed by atoms with van der Waals surface area (Å²) in [5.41, 5.74) is 2.04. The predicted molar refractivity (Wildman–Crippen MR) is 79.4 cm³/mol. The van der Waals surface area contributed by atoms with Gasteiger partial charge in [0.1, 0.15) is 5.01 Å². The molecule has 0 amide bonds. The zero-order valence-electron chi connectivity index (χ0n) is 11.2. The molecule has 0 fully saturated rings. The van der Waals surface area contributed by atoms with Gasteiger partial charge in [-0.25, -0.2) is 4.98 Å². The van der Waals surface area contributed by atoms with Crippen molar-refractivity contribution in [2.24, 2.45) is 0 Å². The van der Waals surface area contributed by atoms with Crippen molar-refractivity contribution in [2.75, 3.05) is 6.54 Å². The Morgan fingerprint density at radius 1 is 1.32 bits per heavy atom. The average Bonchev–Trinajstić information content (AvgIpc) is 2.86. The van der Waals surface area contributed by atoms with E-state index >= 15 is 0 Å². The highest BCUT2D eigenvalue weighted by Crippen LogP contribution is 2.21. The van der Waals surface area contributed by atoms with Gasteiger partial charge in [0, 0.05) is 17.0 Å². The first-order chi connectivity index (χ1) is 9.15. The minimum Gasteiger partial charge on any atom is -0.308 e. The third kappa shape index (κ3) is 4.26. The van der Waals surface area contributed by atoms with Gasteiger partial charge in [-0.05, 0) is 0 Å². The second-order valence-corrected chi connectivity index (χ2v) is 5.69. The first kappa shape index (κ1) is 13.9. The van der Waals surface area contributed by atoms with E-state index in [4.69, 9.17) is 0 Å². The molecule has 1 aromatic carbocycles. The molecule has 0 radical (unpaired) electrons. The first-order valence-corrected chi connectivity index (χ1v) is 7.28. The van der Waals surface area contributed by atoms with Gasteiger partial charge in [-0.3, -0.25) is 4.79 Å². The van der Waals surface area contributed by atoms with Gasteiger partial charge in [-0.15, -0.1) is 11.3 Å². The van der Waals surface area contributed by atoms with Crippen LogP contribution in [0.15, 0.2) is 35.7 Å². The predicted octanol–water partition coefficient (Wildman–Crippen LogP) is 2.92. The van der Waals surface area contributed by atoms with E-state index in [1.165, 1.54) is 0 Å². The zero-order valence-corrected chi connectivity index (χ0v) is 12.0. The molecule has 0 atom stereocenters. The molecule has 1 aromatic heterocycles. The Labute approximate surface area is 117 Å². The molecular weight excluding hydrogens is 256 g/mol. The minimum absolute atomic E-state index is 0.183. The summed E-state index contributed by atoms with van der Waals surface area (Å²) in [5, 5.41) is 6.02. The standard InChI is InChI=1S/C15H18N2OS/c1-11(2)16-9-13(18)8-15-17-14(10-19-15)12-6-4-3-5-7-12/h3-7,10-11,16H,8-9H2,1-2H3. The van der Waals surface area contributed by atoms with Crippen LogP contribution >= 0.6 is 11.3 Å². The van der Waals surface area contributed by atoms with Crippen LogP contribution in [0.3, 0.4) is 0 Å². The van der Waals surface area contributed by atoms with Crippen LogP contribution in [0, 0.1) is 0 Å². The molecule has 0 aliphatic heterocycles. The Hall–Kier alpha value is -1.52. The Balaban J connectivity index is 1.96. The van der Waals surface area contributed by atoms with Gasteiger partial charge in [-0.1, -0.05) is 44.2 Å². The molecule has 19 heavy (non-hydrogen) atoms. The second-order valence-electron chi connectivity index (χ2n) is 4.74. The highest BCUT2D eigenvalue weighted by Gasteiger charge is 2.09. The number of carbonyl (C=O) groups excluding carboxylic acids is 1. The molecule has 1 N–H and O–H groups in total. The van der Waals surface area contributed by atoms with Gasteiger partial charge in [0.2, 0.25) is 0 Å². The number of hydrogen-bond acceptors (Lipinski definition) is 4. The topological polar surface area (TPSA) is 42.0 Å². The fourth-order valence-corrected chi connectivity index (χ4v) is 2.51. The summed E-state index contributed by atoms with van der Waals surface area (Å²) in [4.78, 5) is 16.3. The SMILES string of the molecule is CC(C)NCC(=O)Cc1nc(-c2ccccc2)cs1. The summed E-state index contributed by atoms with van der Waals surface area (Å²) >= 11 is 1.55. The number of nitrogens with one attached hydrogen (secondary N) is 1. The van der Waals surface area contributed by atoms with E-state index in [0.717, 1.165) is 16.3 Å². The molecule has 0 spiro atoms. The van der Waals surface area contributed by atoms with Gasteiger partial charge < -0.3 is 5.32 Å². The van der Waals surface area contributed by atoms with Crippen molar-refractivity contribution >= 4 is 17.1 Å². The van der Waals surface area contributed by atoms with Crippen molar-refractivity contribution in [3.05, 3.63) is 40.7 Å². The van der Waals surface area contributed by atoms with E-state index in [-0.39, 0.29) is 5.78 Å². The summed E-state index contributed by atoms with van der Waals surface area (Å²) in [6, 6.07) is 10.4. The first-order valence-electron chi connectivity index (χ1n) is 6.40. The van der Waals surface area contributed by atoms with E-state index in [1.807, 2.05) is 49.6 Å². The van der Waals surface area contributed by atoms with Crippen LogP contribution in [-0.2, 0) is 11.2 Å². The number of carbonyl (C=O) groups is 1. The summed E-state index contributed by atoms with van der Waals surface area (Å²) in [7, 11) is 0. The summed E-state index contributed by atoms with van der Waals surface area (Å²) < 4.78 is 0. The number of ketones is 1. The third-order valence-electron chi connectivity index (χ3n) is 2.68. The quantitative estimate of drug-likeness (QED) is 0.880. The van der Waals surface area contributed by atoms with Crippen molar-refractivity contribution in [1.82, 2.24) is 10.3 Å². The second kappa shape index (κ2) is 6.59. The maximum atomic E-state index is 11.8. The summed E-state index contributed by atoms with van der Waals surface area (Å²) in [5.74, 6) is 0.183. The van der Waals surface area contributed by atoms with E-state index in [2.05, 4.69) is 10.3 Å². The number of nitrogens with zero attached hydrogens (tertiary/aromatic N) is 1. The van der Waals surface area contributed by atoms with E-state index in [0.29, 0.717) is 19.0 Å². The smallest absolute Gasteiger partial charge is 0.153 e. The highest BCUT2D eigenvalue weighted by atomic mass is 32.1. The van der Waals surface area contributed by atoms with Gasteiger partial charge in [0.25, 0.3) is 0 Å². The maximum absolute atomic E-state index is 11.8. The Morgan fingerprint density at radius 2 is 2.05 bits per heavy atom. The Bertz CT molecular complexity index is 534. The van der Waals surface area contributed by atoms with Crippen molar-refractivity contribution in [3.63, 3.8) is 0 Å². The molecule has 2 rings (SSSR count).